The van der Waals surface area contributed by atoms with Crippen molar-refractivity contribution in [2.24, 2.45) is 0 Å². The van der Waals surface area contributed by atoms with E-state index >= 15 is 0 Å². The zero-order valence-corrected chi connectivity index (χ0v) is 14.2. The van der Waals surface area contributed by atoms with Crippen LogP contribution in [0.1, 0.15) is 31.7 Å². The number of aliphatic hydroxyl groups is 1. The molecule has 4 nitrogen and oxygen atoms in total. The van der Waals surface area contributed by atoms with E-state index in [0.717, 1.165) is 25.8 Å². The Morgan fingerprint density at radius 1 is 1.21 bits per heavy atom. The van der Waals surface area contributed by atoms with Crippen LogP contribution in [0, 0.1) is 0 Å². The molecule has 0 spiro atoms. The van der Waals surface area contributed by atoms with Crippen molar-refractivity contribution in [1.82, 2.24) is 10.2 Å². The van der Waals surface area contributed by atoms with Gasteiger partial charge in [0.05, 0.1) is 6.04 Å². The Morgan fingerprint density at radius 3 is 2.75 bits per heavy atom. The van der Waals surface area contributed by atoms with E-state index in [1.54, 1.807) is 0 Å². The van der Waals surface area contributed by atoms with Crippen LogP contribution in [0.3, 0.4) is 0 Å². The third-order valence-corrected chi connectivity index (χ3v) is 4.87. The fourth-order valence-electron chi connectivity index (χ4n) is 3.53. The molecule has 0 radical (unpaired) electrons. The number of nitrogens with zero attached hydrogens (tertiary/aromatic N) is 1. The van der Waals surface area contributed by atoms with Gasteiger partial charge in [-0.1, -0.05) is 42.5 Å². The lowest BCUT2D eigenvalue weighted by atomic mass is 10.0. The molecule has 4 heteroatoms. The minimum Gasteiger partial charge on any atom is -0.379 e. The lowest BCUT2D eigenvalue weighted by molar-refractivity contribution is -0.133. The summed E-state index contributed by atoms with van der Waals surface area (Å²) in [6, 6.07) is 14.6. The summed E-state index contributed by atoms with van der Waals surface area (Å²) >= 11 is 0. The molecule has 1 amide bonds. The highest BCUT2D eigenvalue weighted by Crippen LogP contribution is 2.20. The maximum atomic E-state index is 12.5. The first-order valence-corrected chi connectivity index (χ1v) is 8.88. The SMILES string of the molecule is CCN(CCCc1cccc2ccccc12)C(=O)[C@@H]1CCC(O)N1. The first-order chi connectivity index (χ1) is 11.7. The monoisotopic (exact) mass is 326 g/mol. The first-order valence-electron chi connectivity index (χ1n) is 8.88. The van der Waals surface area contributed by atoms with E-state index in [1.165, 1.54) is 16.3 Å². The summed E-state index contributed by atoms with van der Waals surface area (Å²) in [5, 5.41) is 15.1. The van der Waals surface area contributed by atoms with Crippen LogP contribution in [-0.2, 0) is 11.2 Å². The molecule has 2 aromatic carbocycles. The van der Waals surface area contributed by atoms with Crippen LogP contribution in [-0.4, -0.2) is 41.3 Å². The van der Waals surface area contributed by atoms with E-state index in [-0.39, 0.29) is 11.9 Å². The minimum atomic E-state index is -0.534. The number of aliphatic hydroxyl groups excluding tert-OH is 1. The van der Waals surface area contributed by atoms with E-state index in [0.29, 0.717) is 13.0 Å². The highest BCUT2D eigenvalue weighted by Gasteiger charge is 2.30. The predicted octanol–water partition coefficient (Wildman–Crippen LogP) is 2.69. The number of carbonyl (C=O) groups is 1. The molecule has 2 aromatic rings. The summed E-state index contributed by atoms with van der Waals surface area (Å²) < 4.78 is 0. The molecular formula is C20H26N2O2. The van der Waals surface area contributed by atoms with Crippen molar-refractivity contribution in [3.8, 4) is 0 Å². The van der Waals surface area contributed by atoms with Gasteiger partial charge in [-0.2, -0.15) is 0 Å². The zero-order valence-electron chi connectivity index (χ0n) is 14.2. The Balaban J connectivity index is 1.59. The van der Waals surface area contributed by atoms with Crippen molar-refractivity contribution in [2.45, 2.75) is 44.9 Å². The lowest BCUT2D eigenvalue weighted by Crippen LogP contribution is -2.45. The van der Waals surface area contributed by atoms with Gasteiger partial charge in [-0.05, 0) is 48.9 Å². The van der Waals surface area contributed by atoms with Crippen molar-refractivity contribution in [2.75, 3.05) is 13.1 Å². The summed E-state index contributed by atoms with van der Waals surface area (Å²) in [6.45, 7) is 3.48. The van der Waals surface area contributed by atoms with Crippen molar-refractivity contribution in [1.29, 1.82) is 0 Å². The molecule has 24 heavy (non-hydrogen) atoms. The summed E-state index contributed by atoms with van der Waals surface area (Å²) in [5.41, 5.74) is 1.34. The number of likely N-dealkylation sites (N-methyl/N-ethyl adjacent to an activating group) is 1. The van der Waals surface area contributed by atoms with Crippen molar-refractivity contribution in [3.63, 3.8) is 0 Å². The zero-order chi connectivity index (χ0) is 16.9. The van der Waals surface area contributed by atoms with Crippen molar-refractivity contribution in [3.05, 3.63) is 48.0 Å². The van der Waals surface area contributed by atoms with Crippen molar-refractivity contribution >= 4 is 16.7 Å². The van der Waals surface area contributed by atoms with Gasteiger partial charge in [0.1, 0.15) is 6.23 Å². The molecule has 2 N–H and O–H groups in total. The number of benzene rings is 2. The number of amides is 1. The molecule has 0 aliphatic carbocycles. The van der Waals surface area contributed by atoms with E-state index in [2.05, 4.69) is 47.8 Å². The smallest absolute Gasteiger partial charge is 0.239 e. The molecule has 128 valence electrons. The Kier molecular flexibility index (Phi) is 5.48. The molecule has 1 aliphatic heterocycles. The maximum absolute atomic E-state index is 12.5. The molecule has 0 aromatic heterocycles. The number of hydrogen-bond acceptors (Lipinski definition) is 3. The Hall–Kier alpha value is -1.91. The van der Waals surface area contributed by atoms with Crippen LogP contribution in [0.5, 0.6) is 0 Å². The number of aryl methyl sites for hydroxylation is 1. The quantitative estimate of drug-likeness (QED) is 0.858. The number of hydrogen-bond donors (Lipinski definition) is 2. The molecular weight excluding hydrogens is 300 g/mol. The van der Waals surface area contributed by atoms with Gasteiger partial charge < -0.3 is 10.0 Å². The average molecular weight is 326 g/mol. The lowest BCUT2D eigenvalue weighted by Gasteiger charge is -2.24. The second-order valence-electron chi connectivity index (χ2n) is 6.47. The summed E-state index contributed by atoms with van der Waals surface area (Å²) in [7, 11) is 0. The Morgan fingerprint density at radius 2 is 2.00 bits per heavy atom. The van der Waals surface area contributed by atoms with Gasteiger partial charge in [0.25, 0.3) is 0 Å². The standard InChI is InChI=1S/C20H26N2O2/c1-2-22(20(24)18-12-13-19(23)21-18)14-6-10-16-9-5-8-15-7-3-4-11-17(15)16/h3-5,7-9,11,18-19,21,23H,2,6,10,12-14H2,1H3/t18-,19?/m0/s1. The third-order valence-electron chi connectivity index (χ3n) is 4.87. The van der Waals surface area contributed by atoms with E-state index in [1.807, 2.05) is 11.8 Å². The van der Waals surface area contributed by atoms with Crippen LogP contribution < -0.4 is 5.32 Å². The normalized spacial score (nSPS) is 20.4. The molecule has 3 rings (SSSR count). The van der Waals surface area contributed by atoms with E-state index in [4.69, 9.17) is 0 Å². The summed E-state index contributed by atoms with van der Waals surface area (Å²) in [6.07, 6.45) is 2.76. The van der Waals surface area contributed by atoms with Gasteiger partial charge >= 0.3 is 0 Å². The first kappa shape index (κ1) is 16.9. The van der Waals surface area contributed by atoms with Crippen LogP contribution in [0.15, 0.2) is 42.5 Å². The Bertz CT molecular complexity index is 696. The van der Waals surface area contributed by atoms with Crippen LogP contribution in [0.4, 0.5) is 0 Å². The number of nitrogens with one attached hydrogen (secondary N) is 1. The van der Waals surface area contributed by atoms with E-state index < -0.39 is 6.23 Å². The minimum absolute atomic E-state index is 0.118. The summed E-state index contributed by atoms with van der Waals surface area (Å²) in [4.78, 5) is 14.4. The molecule has 1 heterocycles. The third kappa shape index (κ3) is 3.77. The van der Waals surface area contributed by atoms with Gasteiger partial charge in [0, 0.05) is 13.1 Å². The number of rotatable bonds is 6. The molecule has 0 saturated carbocycles. The molecule has 1 saturated heterocycles. The van der Waals surface area contributed by atoms with Gasteiger partial charge in [0.2, 0.25) is 5.91 Å². The number of fused-ring (bicyclic) bond motifs is 1. The van der Waals surface area contributed by atoms with Gasteiger partial charge in [-0.15, -0.1) is 0 Å². The molecule has 1 aliphatic rings. The van der Waals surface area contributed by atoms with Crippen LogP contribution in [0.25, 0.3) is 10.8 Å². The number of carbonyl (C=O) groups excluding carboxylic acids is 1. The van der Waals surface area contributed by atoms with Gasteiger partial charge in [-0.25, -0.2) is 0 Å². The fourth-order valence-corrected chi connectivity index (χ4v) is 3.53. The fraction of sp³-hybridized carbons (Fsp3) is 0.450. The van der Waals surface area contributed by atoms with Crippen molar-refractivity contribution < 1.29 is 9.90 Å². The molecule has 1 fully saturated rings. The topological polar surface area (TPSA) is 52.6 Å². The molecule has 2 atom stereocenters. The summed E-state index contributed by atoms with van der Waals surface area (Å²) in [5.74, 6) is 0.118. The highest BCUT2D eigenvalue weighted by molar-refractivity contribution is 5.85. The van der Waals surface area contributed by atoms with Gasteiger partial charge in [0.15, 0.2) is 0 Å². The average Bonchev–Trinajstić information content (AvgIpc) is 3.05. The second-order valence-corrected chi connectivity index (χ2v) is 6.47. The predicted molar refractivity (Wildman–Crippen MR) is 96.7 cm³/mol. The Labute approximate surface area is 143 Å². The second kappa shape index (κ2) is 7.77. The molecule has 1 unspecified atom stereocenters. The van der Waals surface area contributed by atoms with E-state index in [9.17, 15) is 9.90 Å². The largest absolute Gasteiger partial charge is 0.379 e. The molecule has 0 bridgehead atoms. The van der Waals surface area contributed by atoms with Crippen LogP contribution >= 0.6 is 0 Å². The maximum Gasteiger partial charge on any atom is 0.239 e. The van der Waals surface area contributed by atoms with Crippen LogP contribution in [0.2, 0.25) is 0 Å². The van der Waals surface area contributed by atoms with Gasteiger partial charge in [-0.3, -0.25) is 10.1 Å². The highest BCUT2D eigenvalue weighted by atomic mass is 16.3.